The Morgan fingerprint density at radius 1 is 1.25 bits per heavy atom. The topological polar surface area (TPSA) is 54.7 Å². The molecule has 0 aromatic heterocycles. The van der Waals surface area contributed by atoms with Gasteiger partial charge in [-0.1, -0.05) is 12.1 Å². The Kier molecular flexibility index (Phi) is 7.31. The average molecular weight is 439 g/mol. The van der Waals surface area contributed by atoms with E-state index in [4.69, 9.17) is 5.26 Å². The zero-order chi connectivity index (χ0) is 16.1. The van der Waals surface area contributed by atoms with E-state index in [1.165, 1.54) is 37.9 Å². The standard InChI is InChI=1S/C18H25N5.HI/c1-20-18(21-13-16-6-4-15(12-19)5-7-16)23-11-8-17(14-23)22-9-2-3-10-22;/h4-7,17H,2-3,8-11,13-14H2,1H3,(H,20,21);1H. The van der Waals surface area contributed by atoms with Crippen LogP contribution in [-0.2, 0) is 6.54 Å². The van der Waals surface area contributed by atoms with Crippen molar-refractivity contribution in [2.24, 2.45) is 4.99 Å². The van der Waals surface area contributed by atoms with E-state index in [1.807, 2.05) is 31.3 Å². The Morgan fingerprint density at radius 2 is 1.96 bits per heavy atom. The van der Waals surface area contributed by atoms with Gasteiger partial charge in [0.25, 0.3) is 0 Å². The number of nitrogens with one attached hydrogen (secondary N) is 1. The smallest absolute Gasteiger partial charge is 0.193 e. The maximum Gasteiger partial charge on any atom is 0.193 e. The normalized spacial score (nSPS) is 21.4. The highest BCUT2D eigenvalue weighted by Gasteiger charge is 2.30. The predicted molar refractivity (Wildman–Crippen MR) is 108 cm³/mol. The molecule has 5 nitrogen and oxygen atoms in total. The molecule has 0 spiro atoms. The molecule has 130 valence electrons. The summed E-state index contributed by atoms with van der Waals surface area (Å²) in [7, 11) is 1.85. The van der Waals surface area contributed by atoms with E-state index < -0.39 is 0 Å². The quantitative estimate of drug-likeness (QED) is 0.447. The summed E-state index contributed by atoms with van der Waals surface area (Å²) in [5, 5.41) is 12.3. The third-order valence-electron chi connectivity index (χ3n) is 4.87. The van der Waals surface area contributed by atoms with Crippen molar-refractivity contribution in [3.63, 3.8) is 0 Å². The van der Waals surface area contributed by atoms with Crippen LogP contribution in [0.4, 0.5) is 0 Å². The summed E-state index contributed by atoms with van der Waals surface area (Å²) in [6, 6.07) is 10.5. The summed E-state index contributed by atoms with van der Waals surface area (Å²) >= 11 is 0. The number of hydrogen-bond donors (Lipinski definition) is 1. The van der Waals surface area contributed by atoms with Crippen LogP contribution in [-0.4, -0.2) is 55.0 Å². The molecule has 0 amide bonds. The first kappa shape index (κ1) is 19.0. The highest BCUT2D eigenvalue weighted by molar-refractivity contribution is 14.0. The minimum Gasteiger partial charge on any atom is -0.352 e. The summed E-state index contributed by atoms with van der Waals surface area (Å²) in [5.74, 6) is 0.982. The molecular formula is C18H26IN5. The molecule has 1 N–H and O–H groups in total. The average Bonchev–Trinajstić information content (AvgIpc) is 3.27. The number of nitriles is 1. The van der Waals surface area contributed by atoms with Gasteiger partial charge in [0.2, 0.25) is 0 Å². The molecule has 2 fully saturated rings. The second-order valence-electron chi connectivity index (χ2n) is 6.34. The zero-order valence-electron chi connectivity index (χ0n) is 14.2. The molecule has 2 aliphatic rings. The van der Waals surface area contributed by atoms with Crippen LogP contribution in [0.1, 0.15) is 30.4 Å². The largest absolute Gasteiger partial charge is 0.352 e. The van der Waals surface area contributed by atoms with Crippen LogP contribution in [0.3, 0.4) is 0 Å². The molecule has 2 heterocycles. The lowest BCUT2D eigenvalue weighted by Gasteiger charge is -2.25. The number of aliphatic imine (C=N–C) groups is 1. The number of benzene rings is 1. The highest BCUT2D eigenvalue weighted by Crippen LogP contribution is 2.20. The SMILES string of the molecule is CN=C(NCc1ccc(C#N)cc1)N1CCC(N2CCCC2)C1.I. The van der Waals surface area contributed by atoms with Crippen molar-refractivity contribution in [2.75, 3.05) is 33.2 Å². The van der Waals surface area contributed by atoms with E-state index in [0.29, 0.717) is 11.6 Å². The van der Waals surface area contributed by atoms with Crippen molar-refractivity contribution in [3.8, 4) is 6.07 Å². The minimum absolute atomic E-state index is 0. The van der Waals surface area contributed by atoms with Crippen LogP contribution in [0.5, 0.6) is 0 Å². The Hall–Kier alpha value is -1.33. The molecule has 1 atom stereocenters. The molecule has 2 aliphatic heterocycles. The van der Waals surface area contributed by atoms with E-state index >= 15 is 0 Å². The fourth-order valence-corrected chi connectivity index (χ4v) is 3.55. The first-order valence-electron chi connectivity index (χ1n) is 8.49. The number of guanidine groups is 1. The van der Waals surface area contributed by atoms with Gasteiger partial charge < -0.3 is 10.2 Å². The lowest BCUT2D eigenvalue weighted by molar-refractivity contribution is 0.249. The second-order valence-corrected chi connectivity index (χ2v) is 6.34. The van der Waals surface area contributed by atoms with Gasteiger partial charge in [-0.15, -0.1) is 24.0 Å². The predicted octanol–water partition coefficient (Wildman–Crippen LogP) is 2.42. The van der Waals surface area contributed by atoms with Crippen molar-refractivity contribution in [3.05, 3.63) is 35.4 Å². The molecular weight excluding hydrogens is 413 g/mol. The van der Waals surface area contributed by atoms with Crippen LogP contribution >= 0.6 is 24.0 Å². The zero-order valence-corrected chi connectivity index (χ0v) is 16.6. The summed E-state index contributed by atoms with van der Waals surface area (Å²) in [6.45, 7) is 5.41. The third-order valence-corrected chi connectivity index (χ3v) is 4.87. The minimum atomic E-state index is 0. The van der Waals surface area contributed by atoms with Gasteiger partial charge in [-0.25, -0.2) is 0 Å². The molecule has 1 aromatic rings. The van der Waals surface area contributed by atoms with Crippen LogP contribution in [0.15, 0.2) is 29.3 Å². The molecule has 1 aromatic carbocycles. The van der Waals surface area contributed by atoms with Gasteiger partial charge in [0.15, 0.2) is 5.96 Å². The molecule has 0 saturated carbocycles. The highest BCUT2D eigenvalue weighted by atomic mass is 127. The van der Waals surface area contributed by atoms with Gasteiger partial charge in [0, 0.05) is 32.7 Å². The van der Waals surface area contributed by atoms with Gasteiger partial charge in [-0.2, -0.15) is 5.26 Å². The van der Waals surface area contributed by atoms with Gasteiger partial charge in [-0.05, 0) is 50.0 Å². The molecule has 1 unspecified atom stereocenters. The number of likely N-dealkylation sites (tertiary alicyclic amines) is 2. The van der Waals surface area contributed by atoms with E-state index in [9.17, 15) is 0 Å². The first-order valence-corrected chi connectivity index (χ1v) is 8.49. The third kappa shape index (κ3) is 4.61. The Labute approximate surface area is 161 Å². The summed E-state index contributed by atoms with van der Waals surface area (Å²) in [5.41, 5.74) is 1.87. The van der Waals surface area contributed by atoms with Crippen molar-refractivity contribution in [1.29, 1.82) is 5.26 Å². The maximum absolute atomic E-state index is 8.85. The van der Waals surface area contributed by atoms with Crippen molar-refractivity contribution in [1.82, 2.24) is 15.1 Å². The van der Waals surface area contributed by atoms with Crippen LogP contribution in [0.2, 0.25) is 0 Å². The number of nitrogens with zero attached hydrogens (tertiary/aromatic N) is 4. The number of rotatable bonds is 3. The van der Waals surface area contributed by atoms with E-state index in [1.54, 1.807) is 0 Å². The van der Waals surface area contributed by atoms with Crippen molar-refractivity contribution >= 4 is 29.9 Å². The Bertz CT molecular complexity index is 586. The van der Waals surface area contributed by atoms with Gasteiger partial charge in [-0.3, -0.25) is 9.89 Å². The van der Waals surface area contributed by atoms with Crippen molar-refractivity contribution in [2.45, 2.75) is 31.8 Å². The fourth-order valence-electron chi connectivity index (χ4n) is 3.55. The van der Waals surface area contributed by atoms with Crippen molar-refractivity contribution < 1.29 is 0 Å². The molecule has 0 bridgehead atoms. The van der Waals surface area contributed by atoms with E-state index in [0.717, 1.165) is 25.6 Å². The summed E-state index contributed by atoms with van der Waals surface area (Å²) < 4.78 is 0. The molecule has 24 heavy (non-hydrogen) atoms. The van der Waals surface area contributed by atoms with Crippen LogP contribution < -0.4 is 5.32 Å². The molecule has 6 heteroatoms. The van der Waals surface area contributed by atoms with Crippen LogP contribution in [0.25, 0.3) is 0 Å². The number of halogens is 1. The summed E-state index contributed by atoms with van der Waals surface area (Å²) in [6.07, 6.45) is 3.93. The lowest BCUT2D eigenvalue weighted by atomic mass is 10.1. The maximum atomic E-state index is 8.85. The van der Waals surface area contributed by atoms with Gasteiger partial charge in [0.1, 0.15) is 0 Å². The summed E-state index contributed by atoms with van der Waals surface area (Å²) in [4.78, 5) is 9.44. The first-order chi connectivity index (χ1) is 11.3. The van der Waals surface area contributed by atoms with Gasteiger partial charge >= 0.3 is 0 Å². The Morgan fingerprint density at radius 3 is 2.58 bits per heavy atom. The molecule has 3 rings (SSSR count). The monoisotopic (exact) mass is 439 g/mol. The molecule has 2 saturated heterocycles. The molecule has 0 aliphatic carbocycles. The number of hydrogen-bond acceptors (Lipinski definition) is 3. The fraction of sp³-hybridized carbons (Fsp3) is 0.556. The van der Waals surface area contributed by atoms with Gasteiger partial charge in [0.05, 0.1) is 11.6 Å². The lowest BCUT2D eigenvalue weighted by Crippen LogP contribution is -2.42. The van der Waals surface area contributed by atoms with E-state index in [-0.39, 0.29) is 24.0 Å². The second kappa shape index (κ2) is 9.23. The molecule has 0 radical (unpaired) electrons. The van der Waals surface area contributed by atoms with Crippen LogP contribution in [0, 0.1) is 11.3 Å². The Balaban J connectivity index is 0.00000208. The van der Waals surface area contributed by atoms with E-state index in [2.05, 4.69) is 26.2 Å².